The number of para-hydroxylation sites is 1. The van der Waals surface area contributed by atoms with Crippen LogP contribution in [0, 0.1) is 13.8 Å². The fourth-order valence-corrected chi connectivity index (χ4v) is 2.47. The molecule has 0 saturated heterocycles. The number of hydrogen-bond donors (Lipinski definition) is 1. The molecule has 0 aliphatic carbocycles. The van der Waals surface area contributed by atoms with Gasteiger partial charge in [-0.2, -0.15) is 0 Å². The second-order valence-corrected chi connectivity index (χ2v) is 5.40. The molecule has 5 heteroatoms. The molecule has 118 valence electrons. The van der Waals surface area contributed by atoms with Crippen LogP contribution in [0.5, 0.6) is 5.75 Å². The smallest absolute Gasteiger partial charge is 0.270 e. The Morgan fingerprint density at radius 1 is 1.22 bits per heavy atom. The van der Waals surface area contributed by atoms with E-state index in [4.69, 9.17) is 4.74 Å². The molecule has 1 N–H and O–H groups in total. The third kappa shape index (κ3) is 3.34. The zero-order valence-electron chi connectivity index (χ0n) is 13.2. The van der Waals surface area contributed by atoms with Crippen molar-refractivity contribution in [3.8, 4) is 5.75 Å². The Bertz CT molecular complexity index is 825. The van der Waals surface area contributed by atoms with E-state index >= 15 is 0 Å². The summed E-state index contributed by atoms with van der Waals surface area (Å²) in [5, 5.41) is 2.88. The molecule has 1 aromatic carbocycles. The maximum atomic E-state index is 12.4. The molecule has 5 nitrogen and oxygen atoms in total. The van der Waals surface area contributed by atoms with E-state index < -0.39 is 0 Å². The Morgan fingerprint density at radius 2 is 2.00 bits per heavy atom. The highest BCUT2D eigenvalue weighted by Gasteiger charge is 2.16. The van der Waals surface area contributed by atoms with Gasteiger partial charge in [-0.15, -0.1) is 0 Å². The van der Waals surface area contributed by atoms with E-state index in [2.05, 4.69) is 10.3 Å². The molecule has 23 heavy (non-hydrogen) atoms. The average molecular weight is 309 g/mol. The van der Waals surface area contributed by atoms with Gasteiger partial charge < -0.3 is 10.1 Å². The largest absolute Gasteiger partial charge is 0.492 e. The topological polar surface area (TPSA) is 55.6 Å². The van der Waals surface area contributed by atoms with Crippen molar-refractivity contribution in [1.29, 1.82) is 0 Å². The van der Waals surface area contributed by atoms with Crippen molar-refractivity contribution in [3.05, 3.63) is 65.6 Å². The monoisotopic (exact) mass is 309 g/mol. The number of hydrogen-bond acceptors (Lipinski definition) is 3. The number of imidazole rings is 1. The summed E-state index contributed by atoms with van der Waals surface area (Å²) in [6.45, 7) is 4.71. The van der Waals surface area contributed by atoms with E-state index in [0.29, 0.717) is 18.8 Å². The van der Waals surface area contributed by atoms with Crippen molar-refractivity contribution in [1.82, 2.24) is 14.7 Å². The summed E-state index contributed by atoms with van der Waals surface area (Å²) >= 11 is 0. The van der Waals surface area contributed by atoms with Crippen molar-refractivity contribution < 1.29 is 9.53 Å². The highest BCUT2D eigenvalue weighted by molar-refractivity contribution is 5.94. The van der Waals surface area contributed by atoms with E-state index in [9.17, 15) is 4.79 Å². The molecule has 0 atom stereocenters. The van der Waals surface area contributed by atoms with Gasteiger partial charge in [0.1, 0.15) is 23.7 Å². The first-order chi connectivity index (χ1) is 11.1. The molecule has 2 aromatic heterocycles. The molecule has 0 aliphatic heterocycles. The summed E-state index contributed by atoms with van der Waals surface area (Å²) in [5.74, 6) is 0.652. The molecule has 0 bridgehead atoms. The van der Waals surface area contributed by atoms with Gasteiger partial charge in [-0.3, -0.25) is 9.20 Å². The van der Waals surface area contributed by atoms with Crippen LogP contribution in [0.3, 0.4) is 0 Å². The van der Waals surface area contributed by atoms with Crippen molar-refractivity contribution in [2.75, 3.05) is 13.2 Å². The van der Waals surface area contributed by atoms with Crippen LogP contribution in [0.15, 0.2) is 48.7 Å². The third-order valence-corrected chi connectivity index (χ3v) is 3.57. The number of amides is 1. The van der Waals surface area contributed by atoms with E-state index in [1.54, 1.807) is 0 Å². The molecule has 3 rings (SSSR count). The number of pyridine rings is 1. The summed E-state index contributed by atoms with van der Waals surface area (Å²) in [6.07, 6.45) is 1.88. The molecule has 0 aliphatic rings. The predicted octanol–water partition coefficient (Wildman–Crippen LogP) is 2.76. The van der Waals surface area contributed by atoms with E-state index in [1.165, 1.54) is 0 Å². The normalized spacial score (nSPS) is 10.7. The second-order valence-electron chi connectivity index (χ2n) is 5.40. The van der Waals surface area contributed by atoms with Gasteiger partial charge in [0.15, 0.2) is 0 Å². The Kier molecular flexibility index (Phi) is 4.28. The van der Waals surface area contributed by atoms with Crippen LogP contribution < -0.4 is 10.1 Å². The number of nitrogens with zero attached hydrogens (tertiary/aromatic N) is 2. The van der Waals surface area contributed by atoms with Gasteiger partial charge in [0.25, 0.3) is 5.91 Å². The van der Waals surface area contributed by atoms with Gasteiger partial charge in [0.2, 0.25) is 0 Å². The van der Waals surface area contributed by atoms with Gasteiger partial charge in [-0.25, -0.2) is 4.98 Å². The number of aromatic nitrogens is 2. The highest BCUT2D eigenvalue weighted by atomic mass is 16.5. The Labute approximate surface area is 134 Å². The number of rotatable bonds is 5. The van der Waals surface area contributed by atoms with Crippen LogP contribution in [0.2, 0.25) is 0 Å². The molecule has 0 saturated carbocycles. The lowest BCUT2D eigenvalue weighted by molar-refractivity contribution is 0.0940. The van der Waals surface area contributed by atoms with Crippen LogP contribution in [0.25, 0.3) is 5.65 Å². The lowest BCUT2D eigenvalue weighted by atomic mass is 10.3. The molecule has 1 amide bonds. The number of fused-ring (bicyclic) bond motifs is 1. The fraction of sp³-hybridized carbons (Fsp3) is 0.222. The molecule has 0 fully saturated rings. The summed E-state index contributed by atoms with van der Waals surface area (Å²) in [5.41, 5.74) is 3.19. The third-order valence-electron chi connectivity index (χ3n) is 3.57. The van der Waals surface area contributed by atoms with Crippen molar-refractivity contribution in [2.24, 2.45) is 0 Å². The van der Waals surface area contributed by atoms with Gasteiger partial charge in [0, 0.05) is 6.20 Å². The van der Waals surface area contributed by atoms with Gasteiger partial charge >= 0.3 is 0 Å². The summed E-state index contributed by atoms with van der Waals surface area (Å²) in [6, 6.07) is 13.5. The molecular weight excluding hydrogens is 290 g/mol. The minimum Gasteiger partial charge on any atom is -0.492 e. The summed E-state index contributed by atoms with van der Waals surface area (Å²) < 4.78 is 7.39. The van der Waals surface area contributed by atoms with Crippen molar-refractivity contribution in [2.45, 2.75) is 13.8 Å². The summed E-state index contributed by atoms with van der Waals surface area (Å²) in [4.78, 5) is 16.9. The lowest BCUT2D eigenvalue weighted by Crippen LogP contribution is -2.29. The standard InChI is InChI=1S/C18H19N3O2/c1-13-8-10-21-16(12-13)20-14(2)17(21)18(22)19-9-11-23-15-6-4-3-5-7-15/h3-8,10,12H,9,11H2,1-2H3,(H,19,22). The minimum atomic E-state index is -0.143. The van der Waals surface area contributed by atoms with E-state index in [0.717, 1.165) is 22.7 Å². The molecule has 0 radical (unpaired) electrons. The fourth-order valence-electron chi connectivity index (χ4n) is 2.47. The number of ether oxygens (including phenoxy) is 1. The van der Waals surface area contributed by atoms with Crippen LogP contribution in [0.4, 0.5) is 0 Å². The number of nitrogens with one attached hydrogen (secondary N) is 1. The van der Waals surface area contributed by atoms with Gasteiger partial charge in [0.05, 0.1) is 12.2 Å². The van der Waals surface area contributed by atoms with Crippen LogP contribution in [-0.4, -0.2) is 28.4 Å². The first-order valence-electron chi connectivity index (χ1n) is 7.56. The zero-order valence-corrected chi connectivity index (χ0v) is 13.2. The quantitative estimate of drug-likeness (QED) is 0.737. The van der Waals surface area contributed by atoms with Crippen LogP contribution in [-0.2, 0) is 0 Å². The molecule has 3 aromatic rings. The molecular formula is C18H19N3O2. The van der Waals surface area contributed by atoms with Crippen LogP contribution >= 0.6 is 0 Å². The zero-order chi connectivity index (χ0) is 16.2. The maximum absolute atomic E-state index is 12.4. The predicted molar refractivity (Wildman–Crippen MR) is 88.9 cm³/mol. The second kappa shape index (κ2) is 6.52. The van der Waals surface area contributed by atoms with Crippen molar-refractivity contribution in [3.63, 3.8) is 0 Å². The minimum absolute atomic E-state index is 0.143. The molecule has 2 heterocycles. The number of carbonyl (C=O) groups excluding carboxylic acids is 1. The maximum Gasteiger partial charge on any atom is 0.270 e. The average Bonchev–Trinajstić information content (AvgIpc) is 2.87. The van der Waals surface area contributed by atoms with Crippen molar-refractivity contribution >= 4 is 11.6 Å². The summed E-state index contributed by atoms with van der Waals surface area (Å²) in [7, 11) is 0. The van der Waals surface area contributed by atoms with Gasteiger partial charge in [-0.1, -0.05) is 18.2 Å². The molecule has 0 unspecified atom stereocenters. The number of carbonyl (C=O) groups is 1. The Hall–Kier alpha value is -2.82. The number of benzene rings is 1. The van der Waals surface area contributed by atoms with E-state index in [1.807, 2.05) is 66.9 Å². The van der Waals surface area contributed by atoms with E-state index in [-0.39, 0.29) is 5.91 Å². The first kappa shape index (κ1) is 15.1. The SMILES string of the molecule is Cc1ccn2c(C(=O)NCCOc3ccccc3)c(C)nc2c1. The Morgan fingerprint density at radius 3 is 2.78 bits per heavy atom. The van der Waals surface area contributed by atoms with Crippen LogP contribution in [0.1, 0.15) is 21.7 Å². The highest BCUT2D eigenvalue weighted by Crippen LogP contribution is 2.13. The Balaban J connectivity index is 1.63. The number of aryl methyl sites for hydroxylation is 2. The lowest BCUT2D eigenvalue weighted by Gasteiger charge is -2.08. The first-order valence-corrected chi connectivity index (χ1v) is 7.56. The molecule has 0 spiro atoms. The van der Waals surface area contributed by atoms with Gasteiger partial charge in [-0.05, 0) is 43.7 Å².